The summed E-state index contributed by atoms with van der Waals surface area (Å²) in [5.41, 5.74) is 2.49. The summed E-state index contributed by atoms with van der Waals surface area (Å²) in [6.45, 7) is 12.5. The predicted octanol–water partition coefficient (Wildman–Crippen LogP) is 2.11. The Kier molecular flexibility index (Phi) is 4.59. The quantitative estimate of drug-likeness (QED) is 0.640. The van der Waals surface area contributed by atoms with Crippen LogP contribution in [0.2, 0.25) is 0 Å². The average molecular weight is 316 g/mol. The standard InChI is InChI=1S/C18H24N2O3/c1-11(18(3,4)5)6-7-13-10-20(17(23)12(13)2)14-8-9-15(21)19-16(14)22/h6-7,14H,1,8-10H2,2-5H3,(H,19,21,22)/b7-6-. The van der Waals surface area contributed by atoms with Gasteiger partial charge in [-0.1, -0.05) is 39.5 Å². The van der Waals surface area contributed by atoms with Crippen LogP contribution in [0.3, 0.4) is 0 Å². The van der Waals surface area contributed by atoms with Crippen molar-refractivity contribution in [1.82, 2.24) is 10.2 Å². The van der Waals surface area contributed by atoms with Crippen molar-refractivity contribution in [2.24, 2.45) is 5.41 Å². The van der Waals surface area contributed by atoms with Crippen molar-refractivity contribution in [2.45, 2.75) is 46.6 Å². The number of amides is 3. The molecule has 1 atom stereocenters. The molecule has 124 valence electrons. The number of hydrogen-bond acceptors (Lipinski definition) is 3. The second-order valence-corrected chi connectivity index (χ2v) is 7.16. The number of carbonyl (C=O) groups is 3. The van der Waals surface area contributed by atoms with Crippen LogP contribution in [0.5, 0.6) is 0 Å². The van der Waals surface area contributed by atoms with Gasteiger partial charge in [0.15, 0.2) is 0 Å². The van der Waals surface area contributed by atoms with E-state index in [0.717, 1.165) is 11.1 Å². The van der Waals surface area contributed by atoms with Crippen LogP contribution < -0.4 is 5.32 Å². The van der Waals surface area contributed by atoms with Gasteiger partial charge in [-0.05, 0) is 29.9 Å². The minimum atomic E-state index is -0.563. The van der Waals surface area contributed by atoms with Crippen LogP contribution >= 0.6 is 0 Å². The van der Waals surface area contributed by atoms with E-state index >= 15 is 0 Å². The highest BCUT2D eigenvalue weighted by molar-refractivity contribution is 6.05. The third-order valence-electron chi connectivity index (χ3n) is 4.44. The Bertz CT molecular complexity index is 635. The van der Waals surface area contributed by atoms with Gasteiger partial charge in [-0.3, -0.25) is 19.7 Å². The molecular formula is C18H24N2O3. The number of piperidine rings is 1. The Morgan fingerprint density at radius 1 is 1.30 bits per heavy atom. The summed E-state index contributed by atoms with van der Waals surface area (Å²) in [5.74, 6) is -0.795. The SMILES string of the molecule is C=C(/C=C\C1=C(C)C(=O)N(C2CCC(=O)NC2=O)C1)C(C)(C)C. The van der Waals surface area contributed by atoms with Crippen molar-refractivity contribution in [1.29, 1.82) is 0 Å². The molecule has 1 fully saturated rings. The molecular weight excluding hydrogens is 292 g/mol. The topological polar surface area (TPSA) is 66.5 Å². The molecule has 2 heterocycles. The van der Waals surface area contributed by atoms with E-state index in [1.54, 1.807) is 11.8 Å². The van der Waals surface area contributed by atoms with Gasteiger partial charge < -0.3 is 4.90 Å². The molecule has 0 aromatic heterocycles. The minimum Gasteiger partial charge on any atom is -0.323 e. The Balaban J connectivity index is 2.12. The summed E-state index contributed by atoms with van der Waals surface area (Å²) in [5, 5.41) is 2.30. The van der Waals surface area contributed by atoms with Gasteiger partial charge in [0, 0.05) is 18.5 Å². The molecule has 0 spiro atoms. The van der Waals surface area contributed by atoms with Gasteiger partial charge >= 0.3 is 0 Å². The van der Waals surface area contributed by atoms with Gasteiger partial charge in [0.1, 0.15) is 6.04 Å². The molecule has 1 N–H and O–H groups in total. The van der Waals surface area contributed by atoms with Crippen LogP contribution in [0.25, 0.3) is 0 Å². The van der Waals surface area contributed by atoms with Crippen molar-refractivity contribution in [2.75, 3.05) is 6.54 Å². The largest absolute Gasteiger partial charge is 0.323 e. The van der Waals surface area contributed by atoms with Gasteiger partial charge in [0.2, 0.25) is 11.8 Å². The summed E-state index contributed by atoms with van der Waals surface area (Å²) >= 11 is 0. The van der Waals surface area contributed by atoms with Crippen molar-refractivity contribution in [3.63, 3.8) is 0 Å². The number of carbonyl (C=O) groups excluding carboxylic acids is 3. The fraction of sp³-hybridized carbons (Fsp3) is 0.500. The first kappa shape index (κ1) is 17.2. The highest BCUT2D eigenvalue weighted by atomic mass is 16.2. The average Bonchev–Trinajstić information content (AvgIpc) is 2.72. The maximum atomic E-state index is 12.4. The minimum absolute atomic E-state index is 0.0309. The molecule has 0 bridgehead atoms. The first-order valence-electron chi connectivity index (χ1n) is 7.83. The Morgan fingerprint density at radius 3 is 2.52 bits per heavy atom. The molecule has 1 saturated heterocycles. The molecule has 0 aromatic rings. The molecule has 1 unspecified atom stereocenters. The van der Waals surface area contributed by atoms with E-state index in [4.69, 9.17) is 0 Å². The van der Waals surface area contributed by atoms with Crippen LogP contribution in [-0.4, -0.2) is 35.2 Å². The summed E-state index contributed by atoms with van der Waals surface area (Å²) < 4.78 is 0. The van der Waals surface area contributed by atoms with Crippen molar-refractivity contribution >= 4 is 17.7 Å². The molecule has 0 aliphatic carbocycles. The normalized spacial score (nSPS) is 23.0. The first-order chi connectivity index (χ1) is 10.6. The number of allylic oxidation sites excluding steroid dienone is 2. The monoisotopic (exact) mass is 316 g/mol. The van der Waals surface area contributed by atoms with E-state index in [0.29, 0.717) is 18.5 Å². The van der Waals surface area contributed by atoms with Crippen LogP contribution in [0.1, 0.15) is 40.5 Å². The zero-order chi connectivity index (χ0) is 17.4. The highest BCUT2D eigenvalue weighted by Gasteiger charge is 2.38. The smallest absolute Gasteiger partial charge is 0.250 e. The fourth-order valence-electron chi connectivity index (χ4n) is 2.59. The van der Waals surface area contributed by atoms with Crippen molar-refractivity contribution < 1.29 is 14.4 Å². The first-order valence-corrected chi connectivity index (χ1v) is 7.83. The van der Waals surface area contributed by atoms with E-state index < -0.39 is 6.04 Å². The molecule has 3 amide bonds. The molecule has 2 aliphatic heterocycles. The number of nitrogens with one attached hydrogen (secondary N) is 1. The van der Waals surface area contributed by atoms with E-state index in [1.807, 2.05) is 12.2 Å². The van der Waals surface area contributed by atoms with Crippen LogP contribution in [-0.2, 0) is 14.4 Å². The third kappa shape index (κ3) is 3.60. The zero-order valence-corrected chi connectivity index (χ0v) is 14.2. The highest BCUT2D eigenvalue weighted by Crippen LogP contribution is 2.28. The molecule has 23 heavy (non-hydrogen) atoms. The lowest BCUT2D eigenvalue weighted by atomic mass is 9.87. The maximum Gasteiger partial charge on any atom is 0.250 e. The van der Waals surface area contributed by atoms with Crippen LogP contribution in [0.4, 0.5) is 0 Å². The fourth-order valence-corrected chi connectivity index (χ4v) is 2.59. The Hall–Kier alpha value is -2.17. The maximum absolute atomic E-state index is 12.4. The summed E-state index contributed by atoms with van der Waals surface area (Å²) in [6.07, 6.45) is 4.49. The van der Waals surface area contributed by atoms with Gasteiger partial charge in [0.05, 0.1) is 0 Å². The van der Waals surface area contributed by atoms with Crippen molar-refractivity contribution in [3.05, 3.63) is 35.5 Å². The van der Waals surface area contributed by atoms with E-state index in [9.17, 15) is 14.4 Å². The Labute approximate surface area is 137 Å². The molecule has 5 nitrogen and oxygen atoms in total. The second kappa shape index (κ2) is 6.14. The summed E-state index contributed by atoms with van der Waals surface area (Å²) in [7, 11) is 0. The summed E-state index contributed by atoms with van der Waals surface area (Å²) in [4.78, 5) is 37.2. The Morgan fingerprint density at radius 2 is 1.96 bits per heavy atom. The lowest BCUT2D eigenvalue weighted by molar-refractivity contribution is -0.142. The van der Waals surface area contributed by atoms with E-state index in [1.165, 1.54) is 0 Å². The molecule has 2 aliphatic rings. The zero-order valence-electron chi connectivity index (χ0n) is 14.2. The van der Waals surface area contributed by atoms with Crippen molar-refractivity contribution in [3.8, 4) is 0 Å². The molecule has 0 radical (unpaired) electrons. The molecule has 5 heteroatoms. The molecule has 0 saturated carbocycles. The lowest BCUT2D eigenvalue weighted by Crippen LogP contribution is -2.53. The number of rotatable bonds is 3. The van der Waals surface area contributed by atoms with Gasteiger partial charge in [0.25, 0.3) is 5.91 Å². The van der Waals surface area contributed by atoms with Crippen LogP contribution in [0, 0.1) is 5.41 Å². The van der Waals surface area contributed by atoms with Gasteiger partial charge in [-0.2, -0.15) is 0 Å². The number of nitrogens with zero attached hydrogens (tertiary/aromatic N) is 1. The number of imide groups is 1. The third-order valence-corrected chi connectivity index (χ3v) is 4.44. The van der Waals surface area contributed by atoms with Gasteiger partial charge in [-0.25, -0.2) is 0 Å². The second-order valence-electron chi connectivity index (χ2n) is 7.16. The number of hydrogen-bond donors (Lipinski definition) is 1. The van der Waals surface area contributed by atoms with Gasteiger partial charge in [-0.15, -0.1) is 0 Å². The molecule has 0 aromatic carbocycles. The van der Waals surface area contributed by atoms with E-state index in [-0.39, 0.29) is 29.6 Å². The summed E-state index contributed by atoms with van der Waals surface area (Å²) in [6, 6.07) is -0.563. The predicted molar refractivity (Wildman–Crippen MR) is 88.3 cm³/mol. The van der Waals surface area contributed by atoms with E-state index in [2.05, 4.69) is 32.7 Å². The lowest BCUT2D eigenvalue weighted by Gasteiger charge is -2.29. The molecule has 2 rings (SSSR count). The van der Waals surface area contributed by atoms with Crippen LogP contribution in [0.15, 0.2) is 35.5 Å².